The number of aliphatic imine (C=N–C) groups is 1. The van der Waals surface area contributed by atoms with E-state index in [-0.39, 0.29) is 46.9 Å². The molecule has 1 N–H and O–H groups in total. The van der Waals surface area contributed by atoms with Gasteiger partial charge in [-0.25, -0.2) is 22.5 Å². The smallest absolute Gasteiger partial charge is 0.373 e. The number of halogens is 4. The van der Waals surface area contributed by atoms with E-state index in [0.29, 0.717) is 32.4 Å². The predicted molar refractivity (Wildman–Crippen MR) is 162 cm³/mol. The molecule has 6 rings (SSSR count). The summed E-state index contributed by atoms with van der Waals surface area (Å²) in [5.41, 5.74) is 0.756. The van der Waals surface area contributed by atoms with Gasteiger partial charge in [-0.2, -0.15) is 23.5 Å². The second-order valence-electron chi connectivity index (χ2n) is 10.6. The number of nitrogens with zero attached hydrogens (tertiary/aromatic N) is 5. The molecule has 2 aromatic carbocycles. The standard InChI is InChI=1S/C29H25ClF3N5O3S2.CO2/c1-17-3-2-4-19(13-17)43(40,41)12-8-29(39)15-23-24(22-7-10-38(36-22)28(32)33)25(20-6-5-18(31)14-21(20)30)35-26(37(23)16-29)27-34-9-11-42-27;2-1-3/h2-7,9-11,13-14,25,28,39H,8,12,15-16H2,1H3;/t25-,29-;/m0./s1. The fourth-order valence-corrected chi connectivity index (χ4v) is 7.91. The summed E-state index contributed by atoms with van der Waals surface area (Å²) in [6, 6.07) is 10.9. The third-order valence-corrected chi connectivity index (χ3v) is 10.3. The summed E-state index contributed by atoms with van der Waals surface area (Å²) in [4.78, 5) is 27.5. The Kier molecular flexibility index (Phi) is 9.61. The molecule has 16 heteroatoms. The van der Waals surface area contributed by atoms with Crippen molar-refractivity contribution in [1.82, 2.24) is 19.7 Å². The molecule has 0 bridgehead atoms. The molecule has 10 nitrogen and oxygen atoms in total. The van der Waals surface area contributed by atoms with Gasteiger partial charge >= 0.3 is 12.7 Å². The molecule has 46 heavy (non-hydrogen) atoms. The first-order chi connectivity index (χ1) is 21.9. The van der Waals surface area contributed by atoms with Gasteiger partial charge < -0.3 is 10.0 Å². The van der Waals surface area contributed by atoms with Gasteiger partial charge in [0.15, 0.2) is 20.7 Å². The lowest BCUT2D eigenvalue weighted by Crippen LogP contribution is -2.38. The average molecular weight is 692 g/mol. The molecule has 2 aromatic heterocycles. The molecule has 0 saturated carbocycles. The lowest BCUT2D eigenvalue weighted by atomic mass is 9.90. The fraction of sp³-hybridized carbons (Fsp3) is 0.267. The quantitative estimate of drug-likeness (QED) is 0.257. The van der Waals surface area contributed by atoms with E-state index < -0.39 is 33.8 Å². The van der Waals surface area contributed by atoms with Crippen molar-refractivity contribution >= 4 is 50.3 Å². The van der Waals surface area contributed by atoms with Crippen LogP contribution in [0, 0.1) is 12.7 Å². The number of thiazole rings is 1. The average Bonchev–Trinajstić information content (AvgIpc) is 3.77. The topological polar surface area (TPSA) is 135 Å². The Labute approximate surface area is 270 Å². The number of hydrogen-bond donors (Lipinski definition) is 1. The van der Waals surface area contributed by atoms with Crippen molar-refractivity contribution in [2.45, 2.75) is 42.9 Å². The number of aliphatic hydroxyl groups is 1. The van der Waals surface area contributed by atoms with E-state index in [0.717, 1.165) is 17.8 Å². The monoisotopic (exact) mass is 691 g/mol. The van der Waals surface area contributed by atoms with Crippen LogP contribution in [0.15, 0.2) is 81.9 Å². The highest BCUT2D eigenvalue weighted by Gasteiger charge is 2.47. The lowest BCUT2D eigenvalue weighted by molar-refractivity contribution is -0.191. The van der Waals surface area contributed by atoms with E-state index in [1.54, 1.807) is 41.6 Å². The largest absolute Gasteiger partial charge is 0.388 e. The van der Waals surface area contributed by atoms with Crippen molar-refractivity contribution in [1.29, 1.82) is 0 Å². The molecule has 4 aromatic rings. The Morgan fingerprint density at radius 3 is 2.59 bits per heavy atom. The molecular weight excluding hydrogens is 667 g/mol. The molecule has 2 atom stereocenters. The maximum absolute atomic E-state index is 14.0. The lowest BCUT2D eigenvalue weighted by Gasteiger charge is -2.32. The molecule has 0 radical (unpaired) electrons. The Bertz CT molecular complexity index is 1960. The minimum atomic E-state index is -3.72. The van der Waals surface area contributed by atoms with E-state index in [2.05, 4.69) is 10.1 Å². The molecule has 0 amide bonds. The molecule has 240 valence electrons. The molecule has 2 aliphatic heterocycles. The highest BCUT2D eigenvalue weighted by atomic mass is 35.5. The third-order valence-electron chi connectivity index (χ3n) is 7.52. The van der Waals surface area contributed by atoms with Crippen molar-refractivity contribution in [3.63, 3.8) is 0 Å². The van der Waals surface area contributed by atoms with Gasteiger partial charge in [-0.3, -0.25) is 4.99 Å². The van der Waals surface area contributed by atoms with Gasteiger partial charge in [0.25, 0.3) is 0 Å². The van der Waals surface area contributed by atoms with Crippen molar-refractivity contribution in [3.05, 3.63) is 105 Å². The first-order valence-electron chi connectivity index (χ1n) is 13.6. The van der Waals surface area contributed by atoms with Crippen LogP contribution in [0.4, 0.5) is 13.2 Å². The predicted octanol–water partition coefficient (Wildman–Crippen LogP) is 5.47. The number of fused-ring (bicyclic) bond motifs is 1. The number of carbonyl (C=O) groups excluding carboxylic acids is 2. The van der Waals surface area contributed by atoms with Crippen LogP contribution in [-0.2, 0) is 19.4 Å². The number of hydrogen-bond acceptors (Lipinski definition) is 10. The highest BCUT2D eigenvalue weighted by Crippen LogP contribution is 2.48. The minimum absolute atomic E-state index is 0.0208. The normalized spacial score (nSPS) is 19.4. The zero-order valence-electron chi connectivity index (χ0n) is 24.0. The van der Waals surface area contributed by atoms with Crippen LogP contribution in [0.1, 0.15) is 47.3 Å². The second-order valence-corrected chi connectivity index (χ2v) is 14.0. The van der Waals surface area contributed by atoms with Gasteiger partial charge in [0.2, 0.25) is 0 Å². The van der Waals surface area contributed by atoms with Crippen LogP contribution in [0.25, 0.3) is 5.57 Å². The van der Waals surface area contributed by atoms with E-state index >= 15 is 0 Å². The fourth-order valence-electron chi connectivity index (χ4n) is 5.46. The molecule has 0 spiro atoms. The van der Waals surface area contributed by atoms with Gasteiger partial charge in [0.05, 0.1) is 28.5 Å². The summed E-state index contributed by atoms with van der Waals surface area (Å²) < 4.78 is 68.1. The zero-order valence-corrected chi connectivity index (χ0v) is 26.4. The van der Waals surface area contributed by atoms with Crippen LogP contribution in [-0.4, -0.2) is 63.1 Å². The summed E-state index contributed by atoms with van der Waals surface area (Å²) in [6.45, 7) is -1.12. The SMILES string of the molecule is Cc1cccc(S(=O)(=O)CC[C@]2(O)CC3=C(c4ccn(C(F)F)n4)[C@H](c4ccc(F)cc4Cl)N=C(c4nccs4)N3C2)c1.O=C=O. The van der Waals surface area contributed by atoms with Crippen LogP contribution in [0.3, 0.4) is 0 Å². The number of aryl methyl sites for hydroxylation is 1. The summed E-state index contributed by atoms with van der Waals surface area (Å²) in [7, 11) is -3.72. The Morgan fingerprint density at radius 1 is 1.20 bits per heavy atom. The summed E-state index contributed by atoms with van der Waals surface area (Å²) in [6.07, 6.45) is 2.86. The van der Waals surface area contributed by atoms with Gasteiger partial charge in [0.1, 0.15) is 11.9 Å². The molecule has 4 heterocycles. The van der Waals surface area contributed by atoms with Crippen LogP contribution >= 0.6 is 22.9 Å². The minimum Gasteiger partial charge on any atom is -0.388 e. The molecule has 2 aliphatic rings. The first kappa shape index (κ1) is 33.2. The summed E-state index contributed by atoms with van der Waals surface area (Å²) in [5.74, 6) is -0.484. The van der Waals surface area contributed by atoms with E-state index in [1.807, 2.05) is 0 Å². The van der Waals surface area contributed by atoms with Crippen LogP contribution in [0.5, 0.6) is 0 Å². The Morgan fingerprint density at radius 2 is 1.96 bits per heavy atom. The van der Waals surface area contributed by atoms with E-state index in [4.69, 9.17) is 26.2 Å². The van der Waals surface area contributed by atoms with Gasteiger partial charge in [-0.05, 0) is 49.2 Å². The second kappa shape index (κ2) is 13.3. The Balaban J connectivity index is 0.00000134. The number of amidine groups is 1. The Hall–Kier alpha value is -4.14. The maximum atomic E-state index is 14.0. The van der Waals surface area contributed by atoms with Crippen molar-refractivity contribution < 1.29 is 36.3 Å². The number of alkyl halides is 2. The molecule has 0 aliphatic carbocycles. The van der Waals surface area contributed by atoms with Crippen molar-refractivity contribution in [2.24, 2.45) is 4.99 Å². The van der Waals surface area contributed by atoms with E-state index in [9.17, 15) is 26.7 Å². The van der Waals surface area contributed by atoms with Gasteiger partial charge in [-0.15, -0.1) is 11.3 Å². The summed E-state index contributed by atoms with van der Waals surface area (Å²) >= 11 is 7.80. The number of rotatable bonds is 8. The van der Waals surface area contributed by atoms with Gasteiger partial charge in [0, 0.05) is 46.1 Å². The van der Waals surface area contributed by atoms with Gasteiger partial charge in [-0.1, -0.05) is 29.8 Å². The van der Waals surface area contributed by atoms with Crippen molar-refractivity contribution in [3.8, 4) is 0 Å². The number of sulfone groups is 1. The summed E-state index contributed by atoms with van der Waals surface area (Å²) in [5, 5.41) is 18.3. The molecular formula is C30H25ClF3N5O5S2. The molecule has 1 saturated heterocycles. The highest BCUT2D eigenvalue weighted by molar-refractivity contribution is 7.91. The number of benzene rings is 2. The van der Waals surface area contributed by atoms with Crippen LogP contribution < -0.4 is 0 Å². The third kappa shape index (κ3) is 6.83. The molecule has 0 unspecified atom stereocenters. The van der Waals surface area contributed by atoms with Crippen LogP contribution in [0.2, 0.25) is 5.02 Å². The number of aromatic nitrogens is 3. The van der Waals surface area contributed by atoms with Crippen molar-refractivity contribution in [2.75, 3.05) is 12.3 Å². The first-order valence-corrected chi connectivity index (χ1v) is 16.5. The van der Waals surface area contributed by atoms with E-state index in [1.165, 1.54) is 35.6 Å². The zero-order chi connectivity index (χ0) is 33.2. The molecule has 1 fully saturated rings. The maximum Gasteiger partial charge on any atom is 0.373 e.